The van der Waals surface area contributed by atoms with Crippen LogP contribution in [0.2, 0.25) is 0 Å². The van der Waals surface area contributed by atoms with Crippen LogP contribution in [0.5, 0.6) is 17.6 Å². The largest absolute Gasteiger partial charge is 0.492 e. The molecule has 0 aliphatic rings. The number of ether oxygens (including phenoxy) is 2. The van der Waals surface area contributed by atoms with Crippen molar-refractivity contribution in [1.29, 1.82) is 0 Å². The number of hydrogen-bond donors (Lipinski definition) is 0. The van der Waals surface area contributed by atoms with Gasteiger partial charge in [0, 0.05) is 6.54 Å². The second kappa shape index (κ2) is 9.25. The number of aromatic nitrogens is 1. The molecule has 3 rings (SSSR count). The molecule has 5 nitrogen and oxygen atoms in total. The minimum atomic E-state index is 0.245. The van der Waals surface area contributed by atoms with E-state index in [1.807, 2.05) is 48.5 Å². The van der Waals surface area contributed by atoms with Gasteiger partial charge >= 0.3 is 6.08 Å². The molecule has 0 saturated carbocycles. The van der Waals surface area contributed by atoms with Crippen LogP contribution >= 0.6 is 0 Å². The molecule has 1 aromatic heterocycles. The van der Waals surface area contributed by atoms with Crippen molar-refractivity contribution in [3.8, 4) is 17.6 Å². The number of unbranched alkanes of at least 4 members (excludes halogenated alkanes) is 1. The van der Waals surface area contributed by atoms with Gasteiger partial charge in [-0.2, -0.15) is 4.98 Å². The lowest BCUT2D eigenvalue weighted by molar-refractivity contribution is 0.213. The first-order valence-electron chi connectivity index (χ1n) is 9.27. The molecule has 1 heterocycles. The average Bonchev–Trinajstić information content (AvgIpc) is 3.08. The second-order valence-corrected chi connectivity index (χ2v) is 6.16. The molecule has 138 valence electrons. The van der Waals surface area contributed by atoms with Crippen molar-refractivity contribution in [3.63, 3.8) is 0 Å². The molecule has 0 spiro atoms. The molecule has 0 bridgehead atoms. The predicted octanol–water partition coefficient (Wildman–Crippen LogP) is 5.12. The molecular weight excluding hydrogens is 328 g/mol. The summed E-state index contributed by atoms with van der Waals surface area (Å²) < 4.78 is 17.1. The maximum Gasteiger partial charge on any atom is 0.400 e. The summed E-state index contributed by atoms with van der Waals surface area (Å²) in [6.45, 7) is 8.22. The zero-order valence-electron chi connectivity index (χ0n) is 15.5. The van der Waals surface area contributed by atoms with Crippen LogP contribution in [0.25, 0.3) is 11.1 Å². The third-order valence-electron chi connectivity index (χ3n) is 4.25. The van der Waals surface area contributed by atoms with E-state index >= 15 is 0 Å². The summed E-state index contributed by atoms with van der Waals surface area (Å²) in [6, 6.07) is 15.1. The molecule has 0 unspecified atom stereocenters. The number of nitrogens with zero attached hydrogens (tertiary/aromatic N) is 2. The van der Waals surface area contributed by atoms with Crippen LogP contribution in [-0.4, -0.2) is 36.1 Å². The van der Waals surface area contributed by atoms with Gasteiger partial charge in [-0.05, 0) is 55.9 Å². The minimum Gasteiger partial charge on any atom is -0.492 e. The molecule has 5 heteroatoms. The van der Waals surface area contributed by atoms with Gasteiger partial charge in [-0.15, -0.1) is 0 Å². The van der Waals surface area contributed by atoms with Crippen molar-refractivity contribution < 1.29 is 13.9 Å². The van der Waals surface area contributed by atoms with E-state index < -0.39 is 0 Å². The highest BCUT2D eigenvalue weighted by Gasteiger charge is 2.07. The highest BCUT2D eigenvalue weighted by atomic mass is 16.6. The van der Waals surface area contributed by atoms with Crippen molar-refractivity contribution in [2.24, 2.45) is 0 Å². The lowest BCUT2D eigenvalue weighted by atomic mass is 10.3. The summed E-state index contributed by atoms with van der Waals surface area (Å²) >= 11 is 0. The zero-order chi connectivity index (χ0) is 18.2. The molecule has 0 amide bonds. The Morgan fingerprint density at radius 3 is 2.46 bits per heavy atom. The summed E-state index contributed by atoms with van der Waals surface area (Å²) in [6.07, 6.45) is 2.70. The zero-order valence-corrected chi connectivity index (χ0v) is 15.5. The Morgan fingerprint density at radius 2 is 1.73 bits per heavy atom. The first-order chi connectivity index (χ1) is 12.8. The number of likely N-dealkylation sites (N-methyl/N-ethyl adjacent to an activating group) is 1. The molecule has 0 radical (unpaired) electrons. The molecule has 0 aliphatic carbocycles. The van der Waals surface area contributed by atoms with E-state index in [0.29, 0.717) is 17.9 Å². The summed E-state index contributed by atoms with van der Waals surface area (Å²) in [5.41, 5.74) is 1.50. The van der Waals surface area contributed by atoms with Gasteiger partial charge in [0.1, 0.15) is 23.6 Å². The van der Waals surface area contributed by atoms with Gasteiger partial charge in [0.15, 0.2) is 5.58 Å². The highest BCUT2D eigenvalue weighted by Crippen LogP contribution is 2.26. The van der Waals surface area contributed by atoms with E-state index in [0.717, 1.165) is 30.9 Å². The maximum atomic E-state index is 5.84. The lowest BCUT2D eigenvalue weighted by Gasteiger charge is -2.20. The average molecular weight is 354 g/mol. The van der Waals surface area contributed by atoms with Gasteiger partial charge in [0.05, 0.1) is 0 Å². The van der Waals surface area contributed by atoms with Crippen molar-refractivity contribution in [3.05, 3.63) is 48.5 Å². The predicted molar refractivity (Wildman–Crippen MR) is 103 cm³/mol. The monoisotopic (exact) mass is 354 g/mol. The topological polar surface area (TPSA) is 47.7 Å². The van der Waals surface area contributed by atoms with E-state index in [-0.39, 0.29) is 6.08 Å². The smallest absolute Gasteiger partial charge is 0.400 e. The van der Waals surface area contributed by atoms with Gasteiger partial charge in [-0.3, -0.25) is 0 Å². The molecule has 26 heavy (non-hydrogen) atoms. The fourth-order valence-corrected chi connectivity index (χ4v) is 2.70. The molecular formula is C21H26N2O3. The molecule has 2 aromatic carbocycles. The summed E-state index contributed by atoms with van der Waals surface area (Å²) in [5.74, 6) is 1.50. The van der Waals surface area contributed by atoms with Gasteiger partial charge in [0.25, 0.3) is 0 Å². The van der Waals surface area contributed by atoms with Gasteiger partial charge in [-0.1, -0.05) is 32.4 Å². The third kappa shape index (κ3) is 4.99. The first kappa shape index (κ1) is 18.3. The van der Waals surface area contributed by atoms with Crippen molar-refractivity contribution in [1.82, 2.24) is 9.88 Å². The van der Waals surface area contributed by atoms with Crippen LogP contribution < -0.4 is 9.47 Å². The molecule has 0 saturated heterocycles. The van der Waals surface area contributed by atoms with E-state index in [9.17, 15) is 0 Å². The lowest BCUT2D eigenvalue weighted by Crippen LogP contribution is -2.29. The van der Waals surface area contributed by atoms with Crippen LogP contribution in [0.3, 0.4) is 0 Å². The summed E-state index contributed by atoms with van der Waals surface area (Å²) in [7, 11) is 0. The Balaban J connectivity index is 1.50. The Kier molecular flexibility index (Phi) is 6.50. The van der Waals surface area contributed by atoms with Crippen molar-refractivity contribution in [2.75, 3.05) is 26.2 Å². The number of rotatable bonds is 10. The summed E-state index contributed by atoms with van der Waals surface area (Å²) in [4.78, 5) is 6.72. The van der Waals surface area contributed by atoms with Crippen LogP contribution in [0.15, 0.2) is 52.9 Å². The fourth-order valence-electron chi connectivity index (χ4n) is 2.70. The Hall–Kier alpha value is -2.53. The fraction of sp³-hybridized carbons (Fsp3) is 0.381. The molecule has 0 aliphatic heterocycles. The SMILES string of the molecule is CCCCN(CC)CCOc1ccc(Oc2nc3ccccc3o2)cc1. The standard InChI is InChI=1S/C21H26N2O3/c1-3-5-14-23(4-2)15-16-24-17-10-12-18(13-11-17)25-21-22-19-8-6-7-9-20(19)26-21/h6-13H,3-5,14-16H2,1-2H3. The summed E-state index contributed by atoms with van der Waals surface area (Å²) in [5, 5.41) is 0. The molecule has 0 fully saturated rings. The minimum absolute atomic E-state index is 0.245. The van der Waals surface area contributed by atoms with Gasteiger partial charge in [0.2, 0.25) is 0 Å². The Morgan fingerprint density at radius 1 is 0.962 bits per heavy atom. The second-order valence-electron chi connectivity index (χ2n) is 6.16. The van der Waals surface area contributed by atoms with Gasteiger partial charge < -0.3 is 18.8 Å². The molecule has 0 N–H and O–H groups in total. The van der Waals surface area contributed by atoms with E-state index in [4.69, 9.17) is 13.9 Å². The van der Waals surface area contributed by atoms with E-state index in [2.05, 4.69) is 23.7 Å². The van der Waals surface area contributed by atoms with Crippen molar-refractivity contribution in [2.45, 2.75) is 26.7 Å². The Bertz CT molecular complexity index is 765. The maximum absolute atomic E-state index is 5.84. The quantitative estimate of drug-likeness (QED) is 0.506. The van der Waals surface area contributed by atoms with Crippen LogP contribution in [0.1, 0.15) is 26.7 Å². The number of hydrogen-bond acceptors (Lipinski definition) is 5. The van der Waals surface area contributed by atoms with Crippen LogP contribution in [0, 0.1) is 0 Å². The highest BCUT2D eigenvalue weighted by molar-refractivity contribution is 5.72. The van der Waals surface area contributed by atoms with E-state index in [1.54, 1.807) is 0 Å². The normalized spacial score (nSPS) is 11.2. The number of benzene rings is 2. The third-order valence-corrected chi connectivity index (χ3v) is 4.25. The first-order valence-corrected chi connectivity index (χ1v) is 9.27. The molecule has 3 aromatic rings. The number of para-hydroxylation sites is 2. The van der Waals surface area contributed by atoms with Crippen LogP contribution in [0.4, 0.5) is 0 Å². The van der Waals surface area contributed by atoms with Crippen molar-refractivity contribution >= 4 is 11.1 Å². The van der Waals surface area contributed by atoms with Crippen LogP contribution in [-0.2, 0) is 0 Å². The number of fused-ring (bicyclic) bond motifs is 1. The molecule has 0 atom stereocenters. The number of oxazole rings is 1. The Labute approximate surface area is 154 Å². The van der Waals surface area contributed by atoms with E-state index in [1.165, 1.54) is 12.8 Å². The van der Waals surface area contributed by atoms with Gasteiger partial charge in [-0.25, -0.2) is 0 Å².